The molecule has 3 aromatic heterocycles. The minimum absolute atomic E-state index is 0.0300. The van der Waals surface area contributed by atoms with Gasteiger partial charge in [0.1, 0.15) is 36.0 Å². The zero-order valence-electron chi connectivity index (χ0n) is 40.3. The van der Waals surface area contributed by atoms with E-state index in [1.807, 2.05) is 37.3 Å². The summed E-state index contributed by atoms with van der Waals surface area (Å²) >= 11 is 0. The van der Waals surface area contributed by atoms with Crippen molar-refractivity contribution in [2.75, 3.05) is 60.5 Å². The quantitative estimate of drug-likeness (QED) is 0.141. The lowest BCUT2D eigenvalue weighted by Crippen LogP contribution is -2.66. The number of β-amino-alcohol motifs (C(OH)–C–C–N with tert-alkyl or cyclic N) is 1. The largest absolute Gasteiger partial charge is 0.508 e. The average Bonchev–Trinajstić information content (AvgIpc) is 3.85. The van der Waals surface area contributed by atoms with Crippen LogP contribution in [0.25, 0.3) is 33.4 Å². The maximum atomic E-state index is 14.9. The molecule has 1 aromatic carbocycles. The number of aromatic hydroxyl groups is 1. The summed E-state index contributed by atoms with van der Waals surface area (Å²) in [5, 5.41) is 28.2. The van der Waals surface area contributed by atoms with Crippen molar-refractivity contribution in [1.29, 1.82) is 0 Å². The number of aliphatic hydroxyl groups is 1. The van der Waals surface area contributed by atoms with Crippen molar-refractivity contribution in [1.82, 2.24) is 50.0 Å². The number of pyridine rings is 1. The monoisotopic (exact) mass is 932 g/mol. The summed E-state index contributed by atoms with van der Waals surface area (Å²) in [5.41, 5.74) is 4.85. The zero-order valence-corrected chi connectivity index (χ0v) is 40.3. The Balaban J connectivity index is 1.26. The van der Waals surface area contributed by atoms with Gasteiger partial charge in [0.25, 0.3) is 17.7 Å². The number of carbonyl (C=O) groups excluding carboxylic acids is 5. The number of benzene rings is 1. The number of phenols is 1. The number of nitrogens with zero attached hydrogens (tertiary/aromatic N) is 8. The second-order valence-electron chi connectivity index (χ2n) is 19.9. The molecule has 18 heteroatoms. The van der Waals surface area contributed by atoms with E-state index < -0.39 is 58.2 Å². The summed E-state index contributed by atoms with van der Waals surface area (Å²) < 4.78 is 8.61. The molecular formula is C50H64N10O8. The van der Waals surface area contributed by atoms with Gasteiger partial charge in [0, 0.05) is 68.4 Å². The highest BCUT2D eigenvalue weighted by Crippen LogP contribution is 2.40. The third kappa shape index (κ3) is 10.6. The molecule has 362 valence electrons. The van der Waals surface area contributed by atoms with Crippen molar-refractivity contribution in [3.8, 4) is 40.1 Å². The highest BCUT2D eigenvalue weighted by Gasteiger charge is 2.48. The number of carbonyl (C=O) groups is 5. The Hall–Kier alpha value is -6.26. The molecule has 6 heterocycles. The number of aryl methyl sites for hydroxylation is 1. The van der Waals surface area contributed by atoms with Crippen LogP contribution in [0.2, 0.25) is 0 Å². The van der Waals surface area contributed by atoms with E-state index in [4.69, 9.17) is 9.72 Å². The van der Waals surface area contributed by atoms with Crippen molar-refractivity contribution in [3.05, 3.63) is 60.3 Å². The highest BCUT2D eigenvalue weighted by atomic mass is 16.5. The number of fused-ring (bicyclic) bond motifs is 6. The van der Waals surface area contributed by atoms with E-state index in [2.05, 4.69) is 57.9 Å². The first-order valence-electron chi connectivity index (χ1n) is 23.2. The number of aldehydes is 1. The van der Waals surface area contributed by atoms with E-state index in [0.717, 1.165) is 34.0 Å². The van der Waals surface area contributed by atoms with Gasteiger partial charge < -0.3 is 39.4 Å². The van der Waals surface area contributed by atoms with E-state index in [9.17, 15) is 34.2 Å². The molecule has 4 amide bonds. The molecule has 2 saturated heterocycles. The standard InChI is InChI=1S/C50H64N10O8/c1-9-59-41-26-53-39-22-37(41)38(44(59)35-24-51-31-52-25-35)23-48(4,5)29-68-30-49(28-61)13-11-16-60(55-49)46(65)40(20-33-18-34(39)21-36(62)19-33)54-45(64)43(32(2)3)57(8)47(66)50(67)14-17-58(27-50)42(63)12-10-15-56(6)7/h18-19,21-22,24-26,28,31-32,40,43,55,62,67H,9,11,13-17,20,23,27,29-30H2,1-8H3,(H,54,64)/t40-,43-,49?,50+/m0/s1. The van der Waals surface area contributed by atoms with Crippen LogP contribution in [0.5, 0.6) is 5.75 Å². The van der Waals surface area contributed by atoms with Gasteiger partial charge in [0.2, 0.25) is 5.91 Å². The Kier molecular flexibility index (Phi) is 14.7. The molecule has 0 aliphatic carbocycles. The number of aromatic nitrogens is 4. The summed E-state index contributed by atoms with van der Waals surface area (Å²) in [6.45, 7) is 11.0. The predicted octanol–water partition coefficient (Wildman–Crippen LogP) is 2.59. The maximum absolute atomic E-state index is 14.9. The third-order valence-corrected chi connectivity index (χ3v) is 13.1. The number of hydrazine groups is 1. The molecule has 3 aliphatic heterocycles. The summed E-state index contributed by atoms with van der Waals surface area (Å²) in [4.78, 5) is 87.4. The molecule has 2 fully saturated rings. The van der Waals surface area contributed by atoms with Crippen LogP contribution in [0.15, 0.2) is 49.2 Å². The topological polar surface area (TPSA) is 216 Å². The van der Waals surface area contributed by atoms with Crippen LogP contribution in [0.1, 0.15) is 65.0 Å². The van der Waals surface area contributed by atoms with Crippen molar-refractivity contribution in [2.45, 2.75) is 96.5 Å². The van der Waals surface area contributed by atoms with Crippen molar-refractivity contribution in [3.63, 3.8) is 0 Å². The number of nitrogens with one attached hydrogen (secondary N) is 2. The van der Waals surface area contributed by atoms with Gasteiger partial charge in [-0.05, 0) is 92.9 Å². The molecule has 6 bridgehead atoms. The molecule has 68 heavy (non-hydrogen) atoms. The van der Waals surface area contributed by atoms with E-state index in [1.165, 1.54) is 34.3 Å². The number of rotatable bonds is 9. The van der Waals surface area contributed by atoms with Gasteiger partial charge in [-0.3, -0.25) is 34.1 Å². The van der Waals surface area contributed by atoms with Gasteiger partial charge in [0.05, 0.1) is 49.4 Å². The molecule has 18 nitrogen and oxygen atoms in total. The predicted molar refractivity (Wildman–Crippen MR) is 254 cm³/mol. The van der Waals surface area contributed by atoms with E-state index in [-0.39, 0.29) is 51.4 Å². The number of amides is 4. The summed E-state index contributed by atoms with van der Waals surface area (Å²) in [7, 11) is 5.07. The average molecular weight is 933 g/mol. The summed E-state index contributed by atoms with van der Waals surface area (Å²) in [6.07, 6.45) is 8.94. The lowest BCUT2D eigenvalue weighted by atomic mass is 9.84. The Morgan fingerprint density at radius 2 is 1.79 bits per heavy atom. The molecular weight excluding hydrogens is 869 g/mol. The first-order valence-corrected chi connectivity index (χ1v) is 23.2. The molecule has 4 atom stereocenters. The van der Waals surface area contributed by atoms with Gasteiger partial charge in [0.15, 0.2) is 5.60 Å². The molecule has 0 spiro atoms. The zero-order chi connectivity index (χ0) is 49.1. The lowest BCUT2D eigenvalue weighted by Gasteiger charge is -2.42. The fraction of sp³-hybridized carbons (Fsp3) is 0.520. The summed E-state index contributed by atoms with van der Waals surface area (Å²) in [5.74, 6) is 2.30. The molecule has 3 aliphatic rings. The minimum atomic E-state index is -1.98. The first kappa shape index (κ1) is 49.6. The van der Waals surface area contributed by atoms with Gasteiger partial charge in [-0.1, -0.05) is 33.6 Å². The molecule has 4 aromatic rings. The third-order valence-electron chi connectivity index (χ3n) is 13.1. The molecule has 0 saturated carbocycles. The van der Waals surface area contributed by atoms with Crippen LogP contribution in [-0.2, 0) is 48.1 Å². The van der Waals surface area contributed by atoms with Crippen LogP contribution in [0.4, 0.5) is 0 Å². The van der Waals surface area contributed by atoms with Crippen molar-refractivity contribution >= 4 is 40.8 Å². The Bertz CT molecular complexity index is 2620. The normalized spacial score (nSPS) is 22.3. The Morgan fingerprint density at radius 1 is 1.04 bits per heavy atom. The Morgan fingerprint density at radius 3 is 2.49 bits per heavy atom. The Labute approximate surface area is 397 Å². The number of hydrogen-bond donors (Lipinski definition) is 4. The molecule has 1 unspecified atom stereocenters. The molecule has 0 radical (unpaired) electrons. The smallest absolute Gasteiger partial charge is 0.298 e. The van der Waals surface area contributed by atoms with Crippen molar-refractivity contribution < 1.29 is 38.9 Å². The van der Waals surface area contributed by atoms with Crippen LogP contribution >= 0.6 is 0 Å². The van der Waals surface area contributed by atoms with Gasteiger partial charge in [-0.25, -0.2) is 15.4 Å². The second-order valence-corrected chi connectivity index (χ2v) is 19.9. The van der Waals surface area contributed by atoms with Gasteiger partial charge in [-0.15, -0.1) is 0 Å². The number of likely N-dealkylation sites (tertiary alicyclic amines) is 1. The second kappa shape index (κ2) is 20.1. The summed E-state index contributed by atoms with van der Waals surface area (Å²) in [6, 6.07) is 4.52. The first-order chi connectivity index (χ1) is 32.3. The van der Waals surface area contributed by atoms with E-state index >= 15 is 0 Å². The number of phenolic OH excluding ortho intramolecular Hbond substituents is 1. The SMILES string of the molecule is CCn1c(-c2cncnc2)c2c3cc(ncc31)-c1cc(O)cc(c1)C[C@H](NC(=O)[C@H](C(C)C)N(C)C(=O)[C@@]1(O)CCN(C(=O)C#CCN(C)C)C1)C(=O)N1CCCC(C=O)(COCC(C)(C)C2)N1. The lowest BCUT2D eigenvalue weighted by molar-refractivity contribution is -0.156. The highest BCUT2D eigenvalue weighted by molar-refractivity contribution is 5.97. The van der Waals surface area contributed by atoms with Crippen LogP contribution < -0.4 is 10.7 Å². The maximum Gasteiger partial charge on any atom is 0.298 e. The van der Waals surface area contributed by atoms with Gasteiger partial charge in [-0.2, -0.15) is 0 Å². The van der Waals surface area contributed by atoms with Crippen LogP contribution in [0, 0.1) is 23.2 Å². The van der Waals surface area contributed by atoms with Crippen LogP contribution in [0.3, 0.4) is 0 Å². The number of ether oxygens (including phenoxy) is 1. The number of likely N-dealkylation sites (N-methyl/N-ethyl adjacent to an activating group) is 1. The number of hydrogen-bond acceptors (Lipinski definition) is 13. The van der Waals surface area contributed by atoms with Crippen molar-refractivity contribution in [2.24, 2.45) is 11.3 Å². The minimum Gasteiger partial charge on any atom is -0.508 e. The fourth-order valence-electron chi connectivity index (χ4n) is 9.79. The van der Waals surface area contributed by atoms with Gasteiger partial charge >= 0.3 is 0 Å². The molecule has 4 N–H and O–H groups in total. The fourth-order valence-corrected chi connectivity index (χ4v) is 9.79. The van der Waals surface area contributed by atoms with E-state index in [0.29, 0.717) is 49.2 Å². The van der Waals surface area contributed by atoms with E-state index in [1.54, 1.807) is 32.3 Å². The molecule has 7 rings (SSSR count). The van der Waals surface area contributed by atoms with Crippen LogP contribution in [-0.4, -0.2) is 163 Å².